The molecular weight excluding hydrogens is 540 g/mol. The first-order chi connectivity index (χ1) is 19.0. The van der Waals surface area contributed by atoms with Crippen LogP contribution in [-0.2, 0) is 27.1 Å². The highest BCUT2D eigenvalue weighted by atomic mass is 31.2. The highest BCUT2D eigenvalue weighted by molar-refractivity contribution is 7.51. The molecule has 10 nitrogen and oxygen atoms in total. The van der Waals surface area contributed by atoms with E-state index in [0.29, 0.717) is 23.0 Å². The van der Waals surface area contributed by atoms with Gasteiger partial charge in [0.15, 0.2) is 12.1 Å². The molecule has 2 aromatic carbocycles. The number of ether oxygens (including phenoxy) is 1. The second-order valence-corrected chi connectivity index (χ2v) is 11.6. The zero-order valence-corrected chi connectivity index (χ0v) is 23.1. The Bertz CT molecular complexity index is 1420. The maximum atomic E-state index is 14.4. The molecule has 0 radical (unpaired) electrons. The molecule has 0 aliphatic carbocycles. The zero-order chi connectivity index (χ0) is 28.9. The minimum Gasteiger partial charge on any atom is -0.481 e. The van der Waals surface area contributed by atoms with Crippen molar-refractivity contribution >= 4 is 36.1 Å². The Morgan fingerprint density at radius 1 is 1.12 bits per heavy atom. The van der Waals surface area contributed by atoms with Crippen LogP contribution in [0.15, 0.2) is 54.7 Å². The second kappa shape index (κ2) is 12.8. The van der Waals surface area contributed by atoms with Gasteiger partial charge in [-0.25, -0.2) is 4.39 Å². The highest BCUT2D eigenvalue weighted by Crippen LogP contribution is 2.35. The van der Waals surface area contributed by atoms with Crippen LogP contribution in [0, 0.1) is 0 Å². The number of carbonyl (C=O) groups excluding carboxylic acids is 3. The molecule has 1 aromatic heterocycles. The third kappa shape index (κ3) is 7.56. The first kappa shape index (κ1) is 29.5. The Hall–Kier alpha value is -3.53. The van der Waals surface area contributed by atoms with Crippen molar-refractivity contribution in [3.8, 4) is 5.75 Å². The number of Topliss-reactive ketones (excluding diaryl/α,β-unsaturated/α-hetero) is 1. The monoisotopic (exact) mass is 573 g/mol. The molecule has 40 heavy (non-hydrogen) atoms. The molecule has 2 amide bonds. The van der Waals surface area contributed by atoms with Gasteiger partial charge in [0.2, 0.25) is 11.8 Å². The summed E-state index contributed by atoms with van der Waals surface area (Å²) < 4.78 is 32.2. The van der Waals surface area contributed by atoms with E-state index in [9.17, 15) is 23.3 Å². The van der Waals surface area contributed by atoms with Gasteiger partial charge < -0.3 is 29.3 Å². The Labute approximate surface area is 231 Å². The lowest BCUT2D eigenvalue weighted by Crippen LogP contribution is -2.47. The molecule has 0 spiro atoms. The number of alkyl halides is 1. The molecule has 214 valence electrons. The number of amides is 2. The lowest BCUT2D eigenvalue weighted by molar-refractivity contribution is -0.138. The summed E-state index contributed by atoms with van der Waals surface area (Å²) in [4.78, 5) is 57.8. The van der Waals surface area contributed by atoms with Crippen molar-refractivity contribution in [3.05, 3.63) is 65.9 Å². The molecule has 1 aliphatic heterocycles. The van der Waals surface area contributed by atoms with Crippen molar-refractivity contribution in [1.29, 1.82) is 0 Å². The first-order valence-corrected chi connectivity index (χ1v) is 14.9. The third-order valence-corrected chi connectivity index (χ3v) is 7.31. The Morgan fingerprint density at radius 3 is 2.58 bits per heavy atom. The van der Waals surface area contributed by atoms with Crippen LogP contribution in [0.4, 0.5) is 4.39 Å². The van der Waals surface area contributed by atoms with Gasteiger partial charge in [-0.3, -0.25) is 18.9 Å². The van der Waals surface area contributed by atoms with E-state index in [4.69, 9.17) is 14.5 Å². The normalized spacial score (nSPS) is 17.2. The number of unbranched alkanes of at least 4 members (excludes halogenated alkanes) is 1. The van der Waals surface area contributed by atoms with E-state index in [1.54, 1.807) is 10.6 Å². The number of aromatic nitrogens is 1. The van der Waals surface area contributed by atoms with E-state index >= 15 is 0 Å². The Balaban J connectivity index is 1.40. The smallest absolute Gasteiger partial charge is 0.362 e. The topological polar surface area (TPSA) is 138 Å². The van der Waals surface area contributed by atoms with Crippen molar-refractivity contribution in [2.45, 2.75) is 51.4 Å². The van der Waals surface area contributed by atoms with Gasteiger partial charge in [0, 0.05) is 35.6 Å². The lowest BCUT2D eigenvalue weighted by atomic mass is 10.1. The van der Waals surface area contributed by atoms with Gasteiger partial charge in [-0.05, 0) is 49.9 Å². The van der Waals surface area contributed by atoms with Crippen molar-refractivity contribution in [1.82, 2.24) is 14.8 Å². The van der Waals surface area contributed by atoms with Crippen LogP contribution in [0.2, 0.25) is 0 Å². The zero-order valence-electron chi connectivity index (χ0n) is 22.2. The number of nitrogens with one attached hydrogen (secondary N) is 1. The molecule has 12 heteroatoms. The molecule has 1 saturated heterocycles. The van der Waals surface area contributed by atoms with E-state index in [1.807, 2.05) is 18.2 Å². The quantitative estimate of drug-likeness (QED) is 0.171. The second-order valence-electron chi connectivity index (χ2n) is 9.97. The Kier molecular flexibility index (Phi) is 9.40. The summed E-state index contributed by atoms with van der Waals surface area (Å²) in [5.41, 5.74) is 2.02. The van der Waals surface area contributed by atoms with Gasteiger partial charge in [-0.2, -0.15) is 0 Å². The molecule has 3 N–H and O–H groups in total. The van der Waals surface area contributed by atoms with E-state index in [0.717, 1.165) is 19.3 Å². The highest BCUT2D eigenvalue weighted by Gasteiger charge is 2.39. The molecule has 1 aliphatic rings. The maximum absolute atomic E-state index is 14.4. The fraction of sp³-hybridized carbons (Fsp3) is 0.393. The average Bonchev–Trinajstić information content (AvgIpc) is 3.48. The van der Waals surface area contributed by atoms with Crippen LogP contribution in [0.3, 0.4) is 0 Å². The SMILES string of the molecule is CC(=O)c1cn(CC(=O)N2C[C@H](F)C[C@H]2C(=O)NCCCCc2ccccc2)c2ccc(OCP(=O)(O)O)cc12. The van der Waals surface area contributed by atoms with Crippen molar-refractivity contribution in [3.63, 3.8) is 0 Å². The summed E-state index contributed by atoms with van der Waals surface area (Å²) in [6.07, 6.45) is 1.82. The van der Waals surface area contributed by atoms with Crippen molar-refractivity contribution in [2.24, 2.45) is 0 Å². The third-order valence-electron chi connectivity index (χ3n) is 6.84. The van der Waals surface area contributed by atoms with Crippen LogP contribution in [0.1, 0.15) is 42.1 Å². The molecule has 0 bridgehead atoms. The van der Waals surface area contributed by atoms with Crippen LogP contribution < -0.4 is 10.1 Å². The molecule has 4 rings (SSSR count). The van der Waals surface area contributed by atoms with Gasteiger partial charge in [0.25, 0.3) is 0 Å². The number of aryl methyl sites for hydroxylation is 1. The van der Waals surface area contributed by atoms with Crippen molar-refractivity contribution in [2.75, 3.05) is 19.4 Å². The molecule has 3 aromatic rings. The number of hydrogen-bond acceptors (Lipinski definition) is 5. The molecule has 1 fully saturated rings. The van der Waals surface area contributed by atoms with E-state index in [-0.39, 0.29) is 37.0 Å². The predicted molar refractivity (Wildman–Crippen MR) is 147 cm³/mol. The molecule has 2 atom stereocenters. The molecule has 2 heterocycles. The average molecular weight is 574 g/mol. The van der Waals surface area contributed by atoms with Crippen LogP contribution in [0.25, 0.3) is 10.9 Å². The number of halogens is 1. The predicted octanol–water partition coefficient (Wildman–Crippen LogP) is 3.44. The number of likely N-dealkylation sites (tertiary alicyclic amines) is 1. The summed E-state index contributed by atoms with van der Waals surface area (Å²) >= 11 is 0. The van der Waals surface area contributed by atoms with Crippen LogP contribution >= 0.6 is 7.60 Å². The maximum Gasteiger partial charge on any atom is 0.362 e. The van der Waals surface area contributed by atoms with Gasteiger partial charge in [0.05, 0.1) is 6.54 Å². The number of carbonyl (C=O) groups is 3. The molecule has 0 saturated carbocycles. The van der Waals surface area contributed by atoms with E-state index < -0.39 is 32.1 Å². The molecular formula is C28H33FN3O7P. The fourth-order valence-electron chi connectivity index (χ4n) is 4.91. The number of ketones is 1. The van der Waals surface area contributed by atoms with Gasteiger partial charge in [-0.1, -0.05) is 30.3 Å². The fourth-order valence-corrected chi connectivity index (χ4v) is 5.23. The number of fused-ring (bicyclic) bond motifs is 1. The number of rotatable bonds is 12. The lowest BCUT2D eigenvalue weighted by Gasteiger charge is -2.24. The van der Waals surface area contributed by atoms with Gasteiger partial charge >= 0.3 is 7.60 Å². The minimum atomic E-state index is -4.40. The van der Waals surface area contributed by atoms with Crippen LogP contribution in [0.5, 0.6) is 5.75 Å². The summed E-state index contributed by atoms with van der Waals surface area (Å²) in [6, 6.07) is 13.6. The largest absolute Gasteiger partial charge is 0.481 e. The summed E-state index contributed by atoms with van der Waals surface area (Å²) in [5.74, 6) is -0.972. The summed E-state index contributed by atoms with van der Waals surface area (Å²) in [7, 11) is -4.40. The van der Waals surface area contributed by atoms with Crippen LogP contribution in [-0.4, -0.2) is 68.5 Å². The number of nitrogens with zero attached hydrogens (tertiary/aromatic N) is 2. The van der Waals surface area contributed by atoms with E-state index in [2.05, 4.69) is 17.4 Å². The summed E-state index contributed by atoms with van der Waals surface area (Å²) in [5, 5.41) is 3.28. The van der Waals surface area contributed by atoms with E-state index in [1.165, 1.54) is 35.7 Å². The molecule has 0 unspecified atom stereocenters. The van der Waals surface area contributed by atoms with Gasteiger partial charge in [0.1, 0.15) is 24.5 Å². The summed E-state index contributed by atoms with van der Waals surface area (Å²) in [6.45, 7) is 1.38. The van der Waals surface area contributed by atoms with Crippen molar-refractivity contribution < 1.29 is 37.9 Å². The number of hydrogen-bond donors (Lipinski definition) is 3. The minimum absolute atomic E-state index is 0.0764. The van der Waals surface area contributed by atoms with Gasteiger partial charge in [-0.15, -0.1) is 0 Å². The number of benzene rings is 2. The standard InChI is InChI=1S/C28H33FN3O7P/c1-19(33)24-16-31(25-11-10-22(14-23(24)25)39-18-40(36,37)38)17-27(34)32-15-21(29)13-26(32)28(35)30-12-6-5-9-20-7-3-2-4-8-20/h2-4,7-8,10-11,14,16,21,26H,5-6,9,12-13,15,17-18H2,1H3,(H,30,35)(H2,36,37,38)/t21-,26+/m1/s1. The Morgan fingerprint density at radius 2 is 1.88 bits per heavy atom. The first-order valence-electron chi connectivity index (χ1n) is 13.1.